The van der Waals surface area contributed by atoms with E-state index in [-0.39, 0.29) is 5.60 Å². The van der Waals surface area contributed by atoms with Crippen LogP contribution in [0.4, 0.5) is 0 Å². The van der Waals surface area contributed by atoms with Crippen molar-refractivity contribution in [3.8, 4) is 0 Å². The average Bonchev–Trinajstić information content (AvgIpc) is 2.40. The fourth-order valence-electron chi connectivity index (χ4n) is 3.25. The van der Waals surface area contributed by atoms with Crippen LogP contribution in [-0.4, -0.2) is 17.5 Å². The van der Waals surface area contributed by atoms with Gasteiger partial charge in [-0.2, -0.15) is 0 Å². The van der Waals surface area contributed by atoms with E-state index in [0.29, 0.717) is 0 Å². The number of alkyl halides is 1. The first-order valence-corrected chi connectivity index (χ1v) is 8.56. The van der Waals surface area contributed by atoms with E-state index in [1.165, 1.54) is 57.8 Å². The van der Waals surface area contributed by atoms with Crippen molar-refractivity contribution in [3.05, 3.63) is 0 Å². The van der Waals surface area contributed by atoms with Crippen LogP contribution in [0.25, 0.3) is 0 Å². The van der Waals surface area contributed by atoms with E-state index in [1.807, 2.05) is 0 Å². The summed E-state index contributed by atoms with van der Waals surface area (Å²) in [7, 11) is 0. The van der Waals surface area contributed by atoms with E-state index >= 15 is 0 Å². The Kier molecular flexibility index (Phi) is 5.35. The summed E-state index contributed by atoms with van der Waals surface area (Å²) in [6.07, 6.45) is 12.3. The highest BCUT2D eigenvalue weighted by Crippen LogP contribution is 2.37. The molecule has 0 aromatic rings. The van der Waals surface area contributed by atoms with E-state index in [1.54, 1.807) is 0 Å². The molecule has 2 rings (SSSR count). The van der Waals surface area contributed by atoms with Crippen LogP contribution in [-0.2, 0) is 4.74 Å². The quantitative estimate of drug-likeness (QED) is 0.669. The molecular weight excluding hydrogens is 276 g/mol. The van der Waals surface area contributed by atoms with E-state index in [9.17, 15) is 0 Å². The second-order valence-electron chi connectivity index (χ2n) is 6.31. The van der Waals surface area contributed by atoms with Crippen molar-refractivity contribution in [3.63, 3.8) is 0 Å². The first-order valence-electron chi connectivity index (χ1n) is 7.44. The zero-order valence-electron chi connectivity index (χ0n) is 11.2. The summed E-state index contributed by atoms with van der Waals surface area (Å²) in [6, 6.07) is 0. The van der Waals surface area contributed by atoms with Gasteiger partial charge in [0.1, 0.15) is 0 Å². The summed E-state index contributed by atoms with van der Waals surface area (Å²) in [5.74, 6) is 1.75. The molecular formula is C15H27BrO. The van der Waals surface area contributed by atoms with Crippen LogP contribution in [0.3, 0.4) is 0 Å². The lowest BCUT2D eigenvalue weighted by Crippen LogP contribution is -2.40. The van der Waals surface area contributed by atoms with Crippen molar-refractivity contribution in [2.45, 2.75) is 70.3 Å². The van der Waals surface area contributed by atoms with Gasteiger partial charge in [0.25, 0.3) is 0 Å². The molecule has 0 heterocycles. The molecule has 0 unspecified atom stereocenters. The molecule has 2 aliphatic carbocycles. The lowest BCUT2D eigenvalue weighted by Gasteiger charge is -2.39. The van der Waals surface area contributed by atoms with Crippen molar-refractivity contribution in [1.82, 2.24) is 0 Å². The predicted octanol–water partition coefficient (Wildman–Crippen LogP) is 4.93. The molecule has 0 saturated heterocycles. The second-order valence-corrected chi connectivity index (χ2v) is 6.87. The van der Waals surface area contributed by atoms with Crippen LogP contribution in [0.1, 0.15) is 64.7 Å². The Bertz CT molecular complexity index is 215. The molecule has 2 fully saturated rings. The van der Waals surface area contributed by atoms with Gasteiger partial charge in [-0.3, -0.25) is 0 Å². The van der Waals surface area contributed by atoms with Gasteiger partial charge in [-0.05, 0) is 50.4 Å². The monoisotopic (exact) mass is 302 g/mol. The highest BCUT2D eigenvalue weighted by Gasteiger charge is 2.34. The molecule has 0 atom stereocenters. The summed E-state index contributed by atoms with van der Waals surface area (Å²) in [5, 5.41) is 1.03. The van der Waals surface area contributed by atoms with Crippen LogP contribution >= 0.6 is 15.9 Å². The zero-order valence-corrected chi connectivity index (χ0v) is 12.8. The summed E-state index contributed by atoms with van der Waals surface area (Å²) in [4.78, 5) is 0. The van der Waals surface area contributed by atoms with E-state index in [0.717, 1.165) is 23.8 Å². The summed E-state index contributed by atoms with van der Waals surface area (Å²) in [5.41, 5.74) is 0.171. The molecule has 2 saturated carbocycles. The van der Waals surface area contributed by atoms with Gasteiger partial charge in [-0.1, -0.05) is 42.1 Å². The third-order valence-corrected chi connectivity index (χ3v) is 5.80. The molecule has 0 spiro atoms. The number of rotatable bonds is 4. The van der Waals surface area contributed by atoms with Crippen LogP contribution in [0.15, 0.2) is 0 Å². The van der Waals surface area contributed by atoms with Gasteiger partial charge in [0.15, 0.2) is 0 Å². The predicted molar refractivity (Wildman–Crippen MR) is 76.7 cm³/mol. The highest BCUT2D eigenvalue weighted by molar-refractivity contribution is 9.09. The number of hydrogen-bond donors (Lipinski definition) is 0. The smallest absolute Gasteiger partial charge is 0.0779 e. The Labute approximate surface area is 115 Å². The van der Waals surface area contributed by atoms with Gasteiger partial charge >= 0.3 is 0 Å². The fourth-order valence-corrected chi connectivity index (χ4v) is 3.98. The number of hydrogen-bond acceptors (Lipinski definition) is 1. The van der Waals surface area contributed by atoms with Crippen molar-refractivity contribution in [2.24, 2.45) is 11.8 Å². The minimum Gasteiger partial charge on any atom is -0.374 e. The van der Waals surface area contributed by atoms with Gasteiger partial charge < -0.3 is 4.74 Å². The molecule has 0 aromatic carbocycles. The van der Waals surface area contributed by atoms with E-state index in [4.69, 9.17) is 4.74 Å². The Hall–Kier alpha value is 0.440. The van der Waals surface area contributed by atoms with Crippen molar-refractivity contribution in [2.75, 3.05) is 11.9 Å². The van der Waals surface area contributed by atoms with Crippen LogP contribution < -0.4 is 0 Å². The molecule has 17 heavy (non-hydrogen) atoms. The first-order chi connectivity index (χ1) is 8.24. The van der Waals surface area contributed by atoms with Crippen LogP contribution in [0, 0.1) is 11.8 Å². The van der Waals surface area contributed by atoms with E-state index in [2.05, 4.69) is 22.9 Å². The van der Waals surface area contributed by atoms with Gasteiger partial charge in [-0.15, -0.1) is 0 Å². The second kappa shape index (κ2) is 6.56. The summed E-state index contributed by atoms with van der Waals surface area (Å²) in [6.45, 7) is 3.39. The lowest BCUT2D eigenvalue weighted by atomic mass is 9.80. The number of halogens is 1. The summed E-state index contributed by atoms with van der Waals surface area (Å²) < 4.78 is 6.36. The largest absolute Gasteiger partial charge is 0.374 e. The average molecular weight is 303 g/mol. The standard InChI is InChI=1S/C15H27BrO/c1-13-7-9-15(12-16,10-8-13)17-11-14-5-3-2-4-6-14/h13-14H,2-12H2,1H3. The van der Waals surface area contributed by atoms with Gasteiger partial charge in [0.2, 0.25) is 0 Å². The fraction of sp³-hybridized carbons (Fsp3) is 1.00. The van der Waals surface area contributed by atoms with Gasteiger partial charge in [0.05, 0.1) is 12.2 Å². The van der Waals surface area contributed by atoms with Crippen molar-refractivity contribution >= 4 is 15.9 Å². The molecule has 0 aliphatic heterocycles. The molecule has 0 amide bonds. The zero-order chi connectivity index (χ0) is 12.1. The molecule has 0 N–H and O–H groups in total. The maximum Gasteiger partial charge on any atom is 0.0779 e. The Morgan fingerprint density at radius 1 is 1.06 bits per heavy atom. The molecule has 0 aromatic heterocycles. The van der Waals surface area contributed by atoms with Crippen LogP contribution in [0.2, 0.25) is 0 Å². The van der Waals surface area contributed by atoms with Gasteiger partial charge in [0, 0.05) is 5.33 Å². The Morgan fingerprint density at radius 3 is 2.29 bits per heavy atom. The third kappa shape index (κ3) is 3.96. The molecule has 2 heteroatoms. The van der Waals surface area contributed by atoms with Crippen molar-refractivity contribution < 1.29 is 4.74 Å². The minimum atomic E-state index is 0.171. The Balaban J connectivity index is 1.78. The number of ether oxygens (including phenoxy) is 1. The van der Waals surface area contributed by atoms with Crippen molar-refractivity contribution in [1.29, 1.82) is 0 Å². The van der Waals surface area contributed by atoms with Gasteiger partial charge in [-0.25, -0.2) is 0 Å². The molecule has 100 valence electrons. The maximum absolute atomic E-state index is 6.36. The first kappa shape index (κ1) is 13.9. The molecule has 1 nitrogen and oxygen atoms in total. The topological polar surface area (TPSA) is 9.23 Å². The maximum atomic E-state index is 6.36. The van der Waals surface area contributed by atoms with Crippen LogP contribution in [0.5, 0.6) is 0 Å². The molecule has 0 radical (unpaired) electrons. The third-order valence-electron chi connectivity index (χ3n) is 4.78. The molecule has 0 bridgehead atoms. The lowest BCUT2D eigenvalue weighted by molar-refractivity contribution is -0.0758. The normalized spacial score (nSPS) is 36.0. The summed E-state index contributed by atoms with van der Waals surface area (Å²) >= 11 is 3.69. The minimum absolute atomic E-state index is 0.171. The highest BCUT2D eigenvalue weighted by atomic mass is 79.9. The Morgan fingerprint density at radius 2 is 1.71 bits per heavy atom. The van der Waals surface area contributed by atoms with E-state index < -0.39 is 0 Å². The SMILES string of the molecule is CC1CCC(CBr)(OCC2CCCCC2)CC1. The molecule has 2 aliphatic rings.